The zero-order chi connectivity index (χ0) is 22.5. The van der Waals surface area contributed by atoms with Gasteiger partial charge in [0, 0.05) is 17.5 Å². The number of amides is 1. The number of carbonyl (C=O) groups is 1. The van der Waals surface area contributed by atoms with Gasteiger partial charge in [-0.3, -0.25) is 14.2 Å². The quantitative estimate of drug-likeness (QED) is 0.542. The maximum atomic E-state index is 13.4. The summed E-state index contributed by atoms with van der Waals surface area (Å²) in [6.07, 6.45) is 2.63. The fraction of sp³-hybridized carbons (Fsp3) is 0.381. The molecule has 0 saturated carbocycles. The molecule has 1 N–H and O–H groups in total. The number of aromatic nitrogens is 6. The van der Waals surface area contributed by atoms with Crippen molar-refractivity contribution < 1.29 is 9.18 Å². The molecule has 0 aliphatic heterocycles. The van der Waals surface area contributed by atoms with E-state index in [0.717, 1.165) is 11.9 Å². The molecule has 4 aromatic rings. The van der Waals surface area contributed by atoms with Gasteiger partial charge in [-0.15, -0.1) is 0 Å². The predicted molar refractivity (Wildman–Crippen MR) is 115 cm³/mol. The van der Waals surface area contributed by atoms with Crippen LogP contribution in [-0.4, -0.2) is 34.6 Å². The molecule has 0 aliphatic rings. The Bertz CT molecular complexity index is 1340. The summed E-state index contributed by atoms with van der Waals surface area (Å²) in [5.74, 6) is -0.762. The molecule has 0 saturated heterocycles. The number of anilines is 1. The molecule has 0 aromatic carbocycles. The zero-order valence-corrected chi connectivity index (χ0v) is 18.0. The molecule has 0 aliphatic carbocycles. The van der Waals surface area contributed by atoms with E-state index in [0.29, 0.717) is 16.8 Å². The monoisotopic (exact) mass is 425 g/mol. The van der Waals surface area contributed by atoms with Crippen molar-refractivity contribution in [2.45, 2.75) is 52.6 Å². The van der Waals surface area contributed by atoms with E-state index in [1.54, 1.807) is 21.5 Å². The molecule has 1 amide bonds. The first-order chi connectivity index (χ1) is 14.6. The second kappa shape index (κ2) is 7.29. The van der Waals surface area contributed by atoms with Crippen LogP contribution in [-0.2, 0) is 16.8 Å². The Balaban J connectivity index is 1.87. The summed E-state index contributed by atoms with van der Waals surface area (Å²) in [5.41, 5.74) is 1.46. The lowest BCUT2D eigenvalue weighted by atomic mass is 9.93. The number of hydrogen-bond donors (Lipinski definition) is 1. The van der Waals surface area contributed by atoms with Crippen LogP contribution in [0.25, 0.3) is 16.8 Å². The third-order valence-corrected chi connectivity index (χ3v) is 5.01. The largest absolute Gasteiger partial charge is 0.322 e. The van der Waals surface area contributed by atoms with Crippen LogP contribution in [0.2, 0.25) is 0 Å². The van der Waals surface area contributed by atoms with E-state index >= 15 is 0 Å². The lowest BCUT2D eigenvalue weighted by Crippen LogP contribution is -2.30. The third kappa shape index (κ3) is 3.69. The van der Waals surface area contributed by atoms with E-state index in [-0.39, 0.29) is 29.4 Å². The minimum atomic E-state index is -0.503. The van der Waals surface area contributed by atoms with Gasteiger partial charge in [-0.1, -0.05) is 20.8 Å². The number of carbonyl (C=O) groups excluding carboxylic acids is 1. The highest BCUT2D eigenvalue weighted by Crippen LogP contribution is 2.24. The number of imidazole rings is 1. The van der Waals surface area contributed by atoms with Crippen molar-refractivity contribution in [1.82, 2.24) is 28.7 Å². The Morgan fingerprint density at radius 2 is 1.97 bits per heavy atom. The lowest BCUT2D eigenvalue weighted by Gasteiger charge is -2.13. The van der Waals surface area contributed by atoms with Crippen molar-refractivity contribution in [2.75, 3.05) is 5.32 Å². The highest BCUT2D eigenvalue weighted by atomic mass is 19.1. The molecular weight excluding hydrogens is 401 g/mol. The summed E-state index contributed by atoms with van der Waals surface area (Å²) in [5, 5.41) is 7.28. The molecule has 10 heteroatoms. The lowest BCUT2D eigenvalue weighted by molar-refractivity contribution is -0.116. The van der Waals surface area contributed by atoms with Gasteiger partial charge in [0.05, 0.1) is 18.2 Å². The van der Waals surface area contributed by atoms with Gasteiger partial charge in [0.15, 0.2) is 11.2 Å². The van der Waals surface area contributed by atoms with Gasteiger partial charge in [-0.05, 0) is 26.0 Å². The summed E-state index contributed by atoms with van der Waals surface area (Å²) in [6.45, 7) is 9.71. The minimum Gasteiger partial charge on any atom is -0.322 e. The third-order valence-electron chi connectivity index (χ3n) is 5.01. The Hall–Kier alpha value is -3.56. The number of pyridine rings is 1. The maximum Gasteiger partial charge on any atom is 0.280 e. The van der Waals surface area contributed by atoms with E-state index < -0.39 is 11.7 Å². The smallest absolute Gasteiger partial charge is 0.280 e. The van der Waals surface area contributed by atoms with Crippen LogP contribution in [0.4, 0.5) is 10.2 Å². The van der Waals surface area contributed by atoms with Gasteiger partial charge in [-0.25, -0.2) is 14.4 Å². The van der Waals surface area contributed by atoms with Crippen molar-refractivity contribution in [3.63, 3.8) is 0 Å². The van der Waals surface area contributed by atoms with Crippen molar-refractivity contribution in [3.05, 3.63) is 52.6 Å². The molecule has 162 valence electrons. The molecule has 0 unspecified atom stereocenters. The van der Waals surface area contributed by atoms with Crippen molar-refractivity contribution in [2.24, 2.45) is 0 Å². The summed E-state index contributed by atoms with van der Waals surface area (Å²) in [6, 6.07) is 4.36. The average molecular weight is 425 g/mol. The van der Waals surface area contributed by atoms with Crippen LogP contribution in [0, 0.1) is 5.82 Å². The molecule has 0 radical (unpaired) electrons. The van der Waals surface area contributed by atoms with E-state index in [1.807, 2.05) is 34.6 Å². The highest BCUT2D eigenvalue weighted by Gasteiger charge is 2.24. The fourth-order valence-electron chi connectivity index (χ4n) is 3.35. The first-order valence-corrected chi connectivity index (χ1v) is 9.97. The molecule has 9 nitrogen and oxygen atoms in total. The Kier molecular flexibility index (Phi) is 4.87. The number of hydrogen-bond acceptors (Lipinski definition) is 5. The van der Waals surface area contributed by atoms with E-state index in [2.05, 4.69) is 20.4 Å². The normalized spacial score (nSPS) is 12.2. The predicted octanol–water partition coefficient (Wildman–Crippen LogP) is 2.90. The van der Waals surface area contributed by atoms with Gasteiger partial charge < -0.3 is 9.88 Å². The van der Waals surface area contributed by atoms with Crippen LogP contribution >= 0.6 is 0 Å². The number of nitrogens with zero attached hydrogens (tertiary/aromatic N) is 6. The van der Waals surface area contributed by atoms with E-state index in [4.69, 9.17) is 0 Å². The van der Waals surface area contributed by atoms with Gasteiger partial charge in [-0.2, -0.15) is 9.61 Å². The molecule has 4 rings (SSSR count). The molecule has 0 bridgehead atoms. The zero-order valence-electron chi connectivity index (χ0n) is 18.0. The number of rotatable bonds is 4. The van der Waals surface area contributed by atoms with Crippen LogP contribution in [0.15, 0.2) is 35.5 Å². The second-order valence-electron chi connectivity index (χ2n) is 8.77. The molecule has 0 fully saturated rings. The van der Waals surface area contributed by atoms with Crippen molar-refractivity contribution in [3.8, 4) is 0 Å². The van der Waals surface area contributed by atoms with Crippen LogP contribution in [0.3, 0.4) is 0 Å². The summed E-state index contributed by atoms with van der Waals surface area (Å²) in [7, 11) is 0. The SMILES string of the molecule is CC(C)n1cnc2c1c(=O)n(CC(=O)Nc1ccc(F)cn1)c1cc(C(C)(C)C)nn21. The van der Waals surface area contributed by atoms with Crippen molar-refractivity contribution in [1.29, 1.82) is 0 Å². The number of halogens is 1. The molecule has 4 heterocycles. The number of nitrogens with one attached hydrogen (secondary N) is 1. The first kappa shape index (κ1) is 20.7. The average Bonchev–Trinajstić information content (AvgIpc) is 3.31. The van der Waals surface area contributed by atoms with Gasteiger partial charge in [0.1, 0.15) is 23.8 Å². The summed E-state index contributed by atoms with van der Waals surface area (Å²) >= 11 is 0. The molecular formula is C21H24FN7O2. The molecule has 4 aromatic heterocycles. The highest BCUT2D eigenvalue weighted by molar-refractivity contribution is 5.90. The maximum absolute atomic E-state index is 13.4. The summed E-state index contributed by atoms with van der Waals surface area (Å²) < 4.78 is 17.8. The van der Waals surface area contributed by atoms with E-state index in [9.17, 15) is 14.0 Å². The number of fused-ring (bicyclic) bond motifs is 3. The molecule has 31 heavy (non-hydrogen) atoms. The Morgan fingerprint density at radius 1 is 1.23 bits per heavy atom. The fourth-order valence-corrected chi connectivity index (χ4v) is 3.35. The first-order valence-electron chi connectivity index (χ1n) is 9.97. The molecule has 0 spiro atoms. The van der Waals surface area contributed by atoms with Gasteiger partial charge in [0.2, 0.25) is 5.91 Å². The van der Waals surface area contributed by atoms with Crippen LogP contribution in [0.1, 0.15) is 46.4 Å². The Morgan fingerprint density at radius 3 is 2.58 bits per heavy atom. The van der Waals surface area contributed by atoms with Crippen LogP contribution < -0.4 is 10.9 Å². The second-order valence-corrected chi connectivity index (χ2v) is 8.77. The van der Waals surface area contributed by atoms with Crippen molar-refractivity contribution >= 4 is 28.5 Å². The minimum absolute atomic E-state index is 0.00140. The molecule has 0 atom stereocenters. The topological polar surface area (TPSA) is 99.1 Å². The summed E-state index contributed by atoms with van der Waals surface area (Å²) in [4.78, 5) is 34.4. The van der Waals surface area contributed by atoms with Gasteiger partial charge >= 0.3 is 0 Å². The van der Waals surface area contributed by atoms with E-state index in [1.165, 1.54) is 16.7 Å². The Labute approximate surface area is 177 Å². The standard InChI is InChI=1S/C21H24FN7O2/c1-12(2)28-11-24-19-18(28)20(31)27(17-8-14(21(3,4)5)26-29(17)19)10-16(30)25-15-7-6-13(22)9-23-15/h6-9,11-12H,10H2,1-5H3,(H,23,25,30). The van der Waals surface area contributed by atoms with Crippen LogP contribution in [0.5, 0.6) is 0 Å². The van der Waals surface area contributed by atoms with Gasteiger partial charge in [0.25, 0.3) is 5.56 Å².